The van der Waals surface area contributed by atoms with Gasteiger partial charge >= 0.3 is 0 Å². The van der Waals surface area contributed by atoms with Crippen LogP contribution in [0.3, 0.4) is 0 Å². The van der Waals surface area contributed by atoms with Gasteiger partial charge in [-0.15, -0.1) is 0 Å². The highest BCUT2D eigenvalue weighted by molar-refractivity contribution is 5.52. The summed E-state index contributed by atoms with van der Waals surface area (Å²) >= 11 is 0. The maximum absolute atomic E-state index is 4.32. The summed E-state index contributed by atoms with van der Waals surface area (Å²) in [6.45, 7) is 8.84. The highest BCUT2D eigenvalue weighted by Gasteiger charge is 2.23. The van der Waals surface area contributed by atoms with Crippen molar-refractivity contribution in [1.29, 1.82) is 0 Å². The fourth-order valence-corrected chi connectivity index (χ4v) is 3.35. The standard InChI is InChI=1S/C18H31N3/c1-14(2)11-20-13-16-12-19-9-8-18(16)21(4)17-7-5-6-15(3)10-17/h8-9,12,14-15,17,20H,5-7,10-11,13H2,1-4H3. The topological polar surface area (TPSA) is 28.2 Å². The molecule has 0 amide bonds. The first kappa shape index (κ1) is 16.3. The molecule has 1 heterocycles. The van der Waals surface area contributed by atoms with Crippen molar-refractivity contribution in [2.45, 2.75) is 59.0 Å². The Balaban J connectivity index is 2.03. The van der Waals surface area contributed by atoms with E-state index in [2.05, 4.69) is 49.1 Å². The zero-order chi connectivity index (χ0) is 15.2. The second-order valence-electron chi connectivity index (χ2n) is 7.07. The first-order valence-electron chi connectivity index (χ1n) is 8.44. The van der Waals surface area contributed by atoms with Crippen LogP contribution in [-0.4, -0.2) is 24.6 Å². The number of hydrogen-bond acceptors (Lipinski definition) is 3. The molecule has 0 radical (unpaired) electrons. The molecule has 3 nitrogen and oxygen atoms in total. The minimum Gasteiger partial charge on any atom is -0.371 e. The minimum absolute atomic E-state index is 0.681. The van der Waals surface area contributed by atoms with Crippen molar-refractivity contribution < 1.29 is 0 Å². The van der Waals surface area contributed by atoms with Crippen molar-refractivity contribution in [3.05, 3.63) is 24.0 Å². The molecule has 2 unspecified atom stereocenters. The third kappa shape index (κ3) is 4.70. The van der Waals surface area contributed by atoms with E-state index in [9.17, 15) is 0 Å². The van der Waals surface area contributed by atoms with Crippen LogP contribution in [0.5, 0.6) is 0 Å². The molecule has 0 spiro atoms. The Kier molecular flexibility index (Phi) is 6.04. The molecule has 1 aromatic rings. The molecule has 3 heteroatoms. The van der Waals surface area contributed by atoms with Crippen LogP contribution in [0.1, 0.15) is 52.0 Å². The fraction of sp³-hybridized carbons (Fsp3) is 0.722. The first-order chi connectivity index (χ1) is 10.1. The largest absolute Gasteiger partial charge is 0.371 e. The Bertz CT molecular complexity index is 430. The summed E-state index contributed by atoms with van der Waals surface area (Å²) in [7, 11) is 2.25. The van der Waals surface area contributed by atoms with Crippen molar-refractivity contribution in [3.8, 4) is 0 Å². The Morgan fingerprint density at radius 3 is 2.90 bits per heavy atom. The number of anilines is 1. The number of rotatable bonds is 6. The second-order valence-corrected chi connectivity index (χ2v) is 7.07. The second kappa shape index (κ2) is 7.79. The zero-order valence-corrected chi connectivity index (χ0v) is 14.1. The molecular weight excluding hydrogens is 258 g/mol. The van der Waals surface area contributed by atoms with Gasteiger partial charge in [-0.25, -0.2) is 0 Å². The molecule has 1 saturated carbocycles. The third-order valence-corrected chi connectivity index (χ3v) is 4.58. The molecule has 0 aliphatic heterocycles. The van der Waals surface area contributed by atoms with E-state index in [-0.39, 0.29) is 0 Å². The van der Waals surface area contributed by atoms with E-state index in [4.69, 9.17) is 0 Å². The van der Waals surface area contributed by atoms with Crippen LogP contribution in [0.4, 0.5) is 5.69 Å². The lowest BCUT2D eigenvalue weighted by molar-refractivity contribution is 0.336. The van der Waals surface area contributed by atoms with E-state index < -0.39 is 0 Å². The van der Waals surface area contributed by atoms with Gasteiger partial charge in [0.15, 0.2) is 0 Å². The highest BCUT2D eigenvalue weighted by Crippen LogP contribution is 2.30. The average Bonchev–Trinajstić information content (AvgIpc) is 2.47. The molecule has 0 bridgehead atoms. The van der Waals surface area contributed by atoms with Gasteiger partial charge in [-0.2, -0.15) is 0 Å². The molecule has 1 fully saturated rings. The summed E-state index contributed by atoms with van der Waals surface area (Å²) in [5.41, 5.74) is 2.67. The van der Waals surface area contributed by atoms with Gasteiger partial charge in [0.05, 0.1) is 0 Å². The van der Waals surface area contributed by atoms with E-state index in [1.807, 2.05) is 12.4 Å². The van der Waals surface area contributed by atoms with Gasteiger partial charge in [0.2, 0.25) is 0 Å². The van der Waals surface area contributed by atoms with Crippen molar-refractivity contribution in [2.75, 3.05) is 18.5 Å². The van der Waals surface area contributed by atoms with Crippen molar-refractivity contribution in [1.82, 2.24) is 10.3 Å². The lowest BCUT2D eigenvalue weighted by atomic mass is 9.86. The summed E-state index contributed by atoms with van der Waals surface area (Å²) in [4.78, 5) is 6.81. The molecule has 1 aliphatic carbocycles. The molecule has 1 aliphatic rings. The summed E-state index contributed by atoms with van der Waals surface area (Å²) in [5.74, 6) is 1.54. The highest BCUT2D eigenvalue weighted by atomic mass is 15.1. The van der Waals surface area contributed by atoms with Crippen LogP contribution < -0.4 is 10.2 Å². The van der Waals surface area contributed by atoms with Gasteiger partial charge in [-0.3, -0.25) is 4.98 Å². The molecule has 0 aromatic carbocycles. The summed E-state index contributed by atoms with van der Waals surface area (Å²) < 4.78 is 0. The van der Waals surface area contributed by atoms with Crippen LogP contribution in [0, 0.1) is 11.8 Å². The fourth-order valence-electron chi connectivity index (χ4n) is 3.35. The number of hydrogen-bond donors (Lipinski definition) is 1. The molecule has 21 heavy (non-hydrogen) atoms. The maximum Gasteiger partial charge on any atom is 0.0442 e. The lowest BCUT2D eigenvalue weighted by Gasteiger charge is -2.36. The van der Waals surface area contributed by atoms with Crippen LogP contribution in [-0.2, 0) is 6.54 Å². The predicted octanol–water partition coefficient (Wildman–Crippen LogP) is 3.84. The Morgan fingerprint density at radius 1 is 1.38 bits per heavy atom. The summed E-state index contributed by atoms with van der Waals surface area (Å²) in [6.07, 6.45) is 9.33. The average molecular weight is 289 g/mol. The minimum atomic E-state index is 0.681. The van der Waals surface area contributed by atoms with Gasteiger partial charge in [0.25, 0.3) is 0 Å². The van der Waals surface area contributed by atoms with Gasteiger partial charge in [0, 0.05) is 43.3 Å². The number of nitrogens with one attached hydrogen (secondary N) is 1. The normalized spacial score (nSPS) is 22.5. The monoisotopic (exact) mass is 289 g/mol. The van der Waals surface area contributed by atoms with Crippen molar-refractivity contribution in [2.24, 2.45) is 11.8 Å². The van der Waals surface area contributed by atoms with Crippen molar-refractivity contribution >= 4 is 5.69 Å². The van der Waals surface area contributed by atoms with E-state index in [1.165, 1.54) is 36.9 Å². The Hall–Kier alpha value is -1.09. The lowest BCUT2D eigenvalue weighted by Crippen LogP contribution is -2.36. The van der Waals surface area contributed by atoms with E-state index in [1.54, 1.807) is 0 Å². The zero-order valence-electron chi connectivity index (χ0n) is 14.1. The predicted molar refractivity (Wildman–Crippen MR) is 90.6 cm³/mol. The van der Waals surface area contributed by atoms with Gasteiger partial charge in [-0.05, 0) is 37.3 Å². The maximum atomic E-state index is 4.32. The molecule has 0 saturated heterocycles. The van der Waals surface area contributed by atoms with E-state index in [0.29, 0.717) is 12.0 Å². The quantitative estimate of drug-likeness (QED) is 0.862. The third-order valence-electron chi connectivity index (χ3n) is 4.58. The molecule has 1 N–H and O–H groups in total. The van der Waals surface area contributed by atoms with Crippen LogP contribution >= 0.6 is 0 Å². The SMILES string of the molecule is CC(C)CNCc1cnccc1N(C)C1CCCC(C)C1. The molecule has 118 valence electrons. The Labute approximate surface area is 130 Å². The summed E-state index contributed by atoms with van der Waals surface area (Å²) in [5, 5.41) is 3.54. The number of nitrogens with zero attached hydrogens (tertiary/aromatic N) is 2. The number of pyridine rings is 1. The van der Waals surface area contributed by atoms with Crippen molar-refractivity contribution in [3.63, 3.8) is 0 Å². The first-order valence-corrected chi connectivity index (χ1v) is 8.44. The van der Waals surface area contributed by atoms with Crippen LogP contribution in [0.2, 0.25) is 0 Å². The summed E-state index contributed by atoms with van der Waals surface area (Å²) in [6, 6.07) is 2.85. The van der Waals surface area contributed by atoms with Gasteiger partial charge in [0.1, 0.15) is 0 Å². The molecule has 2 atom stereocenters. The molecular formula is C18H31N3. The smallest absolute Gasteiger partial charge is 0.0442 e. The van der Waals surface area contributed by atoms with E-state index >= 15 is 0 Å². The number of aromatic nitrogens is 1. The molecule has 1 aromatic heterocycles. The van der Waals surface area contributed by atoms with E-state index in [0.717, 1.165) is 19.0 Å². The van der Waals surface area contributed by atoms with Crippen LogP contribution in [0.15, 0.2) is 18.5 Å². The van der Waals surface area contributed by atoms with Crippen LogP contribution in [0.25, 0.3) is 0 Å². The Morgan fingerprint density at radius 2 is 2.19 bits per heavy atom. The van der Waals surface area contributed by atoms with Gasteiger partial charge < -0.3 is 10.2 Å². The van der Waals surface area contributed by atoms with Gasteiger partial charge in [-0.1, -0.05) is 33.6 Å². The molecule has 2 rings (SSSR count).